The molecule has 0 aromatic heterocycles. The molecule has 2 aliphatic carbocycles. The molecule has 17 heavy (non-hydrogen) atoms. The minimum Gasteiger partial charge on any atom is -0.394 e. The van der Waals surface area contributed by atoms with Crippen molar-refractivity contribution < 1.29 is 5.11 Å². The lowest BCUT2D eigenvalue weighted by atomic mass is 9.93. The third-order valence-electron chi connectivity index (χ3n) is 4.17. The van der Waals surface area contributed by atoms with Crippen molar-refractivity contribution in [1.82, 2.24) is 10.2 Å². The van der Waals surface area contributed by atoms with Crippen molar-refractivity contribution in [1.29, 1.82) is 0 Å². The maximum absolute atomic E-state index is 9.64. The monoisotopic (exact) mass is 240 g/mol. The van der Waals surface area contributed by atoms with E-state index in [1.165, 1.54) is 25.7 Å². The van der Waals surface area contributed by atoms with Crippen LogP contribution >= 0.6 is 0 Å². The van der Waals surface area contributed by atoms with Crippen LogP contribution in [-0.2, 0) is 0 Å². The molecule has 0 heterocycles. The number of rotatable bonds is 8. The fraction of sp³-hybridized carbons (Fsp3) is 1.00. The van der Waals surface area contributed by atoms with E-state index in [2.05, 4.69) is 31.0 Å². The molecule has 3 heteroatoms. The van der Waals surface area contributed by atoms with Gasteiger partial charge in [0.15, 0.2) is 0 Å². The van der Waals surface area contributed by atoms with Crippen LogP contribution in [0.25, 0.3) is 0 Å². The highest BCUT2D eigenvalue weighted by molar-refractivity contribution is 4.96. The summed E-state index contributed by atoms with van der Waals surface area (Å²) < 4.78 is 0. The van der Waals surface area contributed by atoms with E-state index in [-0.39, 0.29) is 12.1 Å². The summed E-state index contributed by atoms with van der Waals surface area (Å²) in [7, 11) is 0. The Kier molecular flexibility index (Phi) is 4.11. The molecular formula is C14H28N2O. The van der Waals surface area contributed by atoms with E-state index < -0.39 is 0 Å². The van der Waals surface area contributed by atoms with Crippen LogP contribution < -0.4 is 5.32 Å². The largest absolute Gasteiger partial charge is 0.394 e. The number of aliphatic hydroxyl groups is 1. The standard InChI is InChI=1S/C14H28N2O/c1-4-16(13-7-8-13)11(2)9-14(3,10-17)15-12-5-6-12/h11-13,15,17H,4-10H2,1-3H3. The molecule has 2 unspecified atom stereocenters. The van der Waals surface area contributed by atoms with Crippen molar-refractivity contribution in [3.05, 3.63) is 0 Å². The molecule has 2 fully saturated rings. The zero-order chi connectivity index (χ0) is 12.5. The molecule has 0 aromatic rings. The van der Waals surface area contributed by atoms with E-state index in [9.17, 15) is 5.11 Å². The van der Waals surface area contributed by atoms with Crippen LogP contribution in [0.4, 0.5) is 0 Å². The predicted octanol–water partition coefficient (Wildman–Crippen LogP) is 1.75. The first-order valence-corrected chi connectivity index (χ1v) is 7.22. The molecule has 0 aliphatic heterocycles. The van der Waals surface area contributed by atoms with E-state index in [1.54, 1.807) is 0 Å². The SMILES string of the molecule is CCN(C(C)CC(C)(CO)NC1CC1)C1CC1. The highest BCUT2D eigenvalue weighted by Crippen LogP contribution is 2.31. The van der Waals surface area contributed by atoms with Crippen molar-refractivity contribution in [2.75, 3.05) is 13.2 Å². The van der Waals surface area contributed by atoms with E-state index in [1.807, 2.05) is 0 Å². The van der Waals surface area contributed by atoms with Crippen LogP contribution in [0.5, 0.6) is 0 Å². The van der Waals surface area contributed by atoms with Crippen LogP contribution in [0.2, 0.25) is 0 Å². The van der Waals surface area contributed by atoms with Crippen LogP contribution in [0.1, 0.15) is 52.9 Å². The molecule has 2 rings (SSSR count). The normalized spacial score (nSPS) is 25.9. The summed E-state index contributed by atoms with van der Waals surface area (Å²) in [4.78, 5) is 2.60. The highest BCUT2D eigenvalue weighted by Gasteiger charge is 2.37. The lowest BCUT2D eigenvalue weighted by Gasteiger charge is -2.36. The Morgan fingerprint density at radius 2 is 2.00 bits per heavy atom. The molecule has 2 saturated carbocycles. The molecule has 2 aliphatic rings. The molecule has 100 valence electrons. The van der Waals surface area contributed by atoms with Gasteiger partial charge in [0, 0.05) is 23.7 Å². The van der Waals surface area contributed by atoms with E-state index in [0.29, 0.717) is 12.1 Å². The van der Waals surface area contributed by atoms with Gasteiger partial charge >= 0.3 is 0 Å². The Labute approximate surface area is 106 Å². The molecule has 0 radical (unpaired) electrons. The molecule has 0 amide bonds. The Morgan fingerprint density at radius 3 is 2.41 bits per heavy atom. The zero-order valence-electron chi connectivity index (χ0n) is 11.6. The second kappa shape index (κ2) is 5.25. The lowest BCUT2D eigenvalue weighted by Crippen LogP contribution is -2.51. The van der Waals surface area contributed by atoms with Gasteiger partial charge in [-0.25, -0.2) is 0 Å². The third kappa shape index (κ3) is 3.67. The van der Waals surface area contributed by atoms with Crippen LogP contribution in [0, 0.1) is 0 Å². The van der Waals surface area contributed by atoms with Gasteiger partial charge in [-0.05, 0) is 52.5 Å². The zero-order valence-corrected chi connectivity index (χ0v) is 11.6. The number of nitrogens with one attached hydrogen (secondary N) is 1. The van der Waals surface area contributed by atoms with E-state index >= 15 is 0 Å². The summed E-state index contributed by atoms with van der Waals surface area (Å²) in [5, 5.41) is 13.2. The van der Waals surface area contributed by atoms with Crippen LogP contribution in [0.15, 0.2) is 0 Å². The third-order valence-corrected chi connectivity index (χ3v) is 4.17. The van der Waals surface area contributed by atoms with Crippen LogP contribution in [0.3, 0.4) is 0 Å². The molecule has 3 nitrogen and oxygen atoms in total. The first-order chi connectivity index (χ1) is 8.08. The number of nitrogens with zero attached hydrogens (tertiary/aromatic N) is 1. The average Bonchev–Trinajstić information content (AvgIpc) is 3.12. The first-order valence-electron chi connectivity index (χ1n) is 7.22. The van der Waals surface area contributed by atoms with Crippen LogP contribution in [-0.4, -0.2) is 46.8 Å². The van der Waals surface area contributed by atoms with Crippen molar-refractivity contribution in [2.24, 2.45) is 0 Å². The number of aliphatic hydroxyl groups excluding tert-OH is 1. The second-order valence-corrected chi connectivity index (χ2v) is 6.25. The molecule has 0 spiro atoms. The Hall–Kier alpha value is -0.120. The van der Waals surface area contributed by atoms with Crippen molar-refractivity contribution in [3.63, 3.8) is 0 Å². The fourth-order valence-corrected chi connectivity index (χ4v) is 2.99. The number of hydrogen-bond acceptors (Lipinski definition) is 3. The summed E-state index contributed by atoms with van der Waals surface area (Å²) in [5.74, 6) is 0. The summed E-state index contributed by atoms with van der Waals surface area (Å²) in [5.41, 5.74) is -0.0944. The van der Waals surface area contributed by atoms with Crippen molar-refractivity contribution in [2.45, 2.75) is 76.5 Å². The smallest absolute Gasteiger partial charge is 0.0611 e. The average molecular weight is 240 g/mol. The van der Waals surface area contributed by atoms with Gasteiger partial charge in [0.2, 0.25) is 0 Å². The minimum absolute atomic E-state index is 0.0944. The molecule has 2 N–H and O–H groups in total. The lowest BCUT2D eigenvalue weighted by molar-refractivity contribution is 0.112. The maximum Gasteiger partial charge on any atom is 0.0611 e. The summed E-state index contributed by atoms with van der Waals surface area (Å²) in [6.45, 7) is 8.11. The first kappa shape index (κ1) is 13.3. The van der Waals surface area contributed by atoms with E-state index in [0.717, 1.165) is 19.0 Å². The van der Waals surface area contributed by atoms with Gasteiger partial charge in [-0.2, -0.15) is 0 Å². The second-order valence-electron chi connectivity index (χ2n) is 6.25. The van der Waals surface area contributed by atoms with Gasteiger partial charge in [-0.3, -0.25) is 4.90 Å². The summed E-state index contributed by atoms with van der Waals surface area (Å²) in [6, 6.07) is 2.05. The Morgan fingerprint density at radius 1 is 1.35 bits per heavy atom. The molecule has 2 atom stereocenters. The van der Waals surface area contributed by atoms with Gasteiger partial charge in [0.05, 0.1) is 6.61 Å². The Balaban J connectivity index is 1.86. The summed E-state index contributed by atoms with van der Waals surface area (Å²) in [6.07, 6.45) is 6.34. The minimum atomic E-state index is -0.0944. The number of hydrogen-bond donors (Lipinski definition) is 2. The molecule has 0 aromatic carbocycles. The summed E-state index contributed by atoms with van der Waals surface area (Å²) >= 11 is 0. The van der Waals surface area contributed by atoms with Crippen molar-refractivity contribution >= 4 is 0 Å². The van der Waals surface area contributed by atoms with Gasteiger partial charge in [-0.1, -0.05) is 6.92 Å². The molecular weight excluding hydrogens is 212 g/mol. The van der Waals surface area contributed by atoms with E-state index in [4.69, 9.17) is 0 Å². The van der Waals surface area contributed by atoms with Gasteiger partial charge in [0.1, 0.15) is 0 Å². The van der Waals surface area contributed by atoms with Crippen molar-refractivity contribution in [3.8, 4) is 0 Å². The van der Waals surface area contributed by atoms with Gasteiger partial charge in [0.25, 0.3) is 0 Å². The van der Waals surface area contributed by atoms with Gasteiger partial charge < -0.3 is 10.4 Å². The quantitative estimate of drug-likeness (QED) is 0.678. The topological polar surface area (TPSA) is 35.5 Å². The predicted molar refractivity (Wildman–Crippen MR) is 71.1 cm³/mol. The molecule has 0 bridgehead atoms. The molecule has 0 saturated heterocycles. The fourth-order valence-electron chi connectivity index (χ4n) is 2.99. The highest BCUT2D eigenvalue weighted by atomic mass is 16.3. The maximum atomic E-state index is 9.64. The van der Waals surface area contributed by atoms with Gasteiger partial charge in [-0.15, -0.1) is 0 Å². The Bertz CT molecular complexity index is 251.